The van der Waals surface area contributed by atoms with Crippen molar-refractivity contribution in [2.75, 3.05) is 19.3 Å². The van der Waals surface area contributed by atoms with Gasteiger partial charge in [0.05, 0.1) is 17.4 Å². The van der Waals surface area contributed by atoms with Crippen LogP contribution in [0.25, 0.3) is 10.2 Å². The van der Waals surface area contributed by atoms with Gasteiger partial charge in [-0.25, -0.2) is 4.98 Å². The number of hydrogen-bond acceptors (Lipinski definition) is 6. The van der Waals surface area contributed by atoms with Crippen LogP contribution >= 0.6 is 11.3 Å². The Labute approximate surface area is 156 Å². The lowest BCUT2D eigenvalue weighted by Gasteiger charge is -2.24. The van der Waals surface area contributed by atoms with E-state index < -0.39 is 0 Å². The Morgan fingerprint density at radius 1 is 1.42 bits per heavy atom. The molecule has 1 atom stereocenters. The van der Waals surface area contributed by atoms with Gasteiger partial charge in [0.25, 0.3) is 5.91 Å². The van der Waals surface area contributed by atoms with Gasteiger partial charge in [-0.2, -0.15) is 0 Å². The normalized spacial score (nSPS) is 17.7. The van der Waals surface area contributed by atoms with Crippen molar-refractivity contribution in [2.45, 2.75) is 25.4 Å². The third-order valence-corrected chi connectivity index (χ3v) is 5.98. The zero-order valence-corrected chi connectivity index (χ0v) is 15.4. The molecule has 26 heavy (non-hydrogen) atoms. The second-order valence-electron chi connectivity index (χ2n) is 6.50. The highest BCUT2D eigenvalue weighted by molar-refractivity contribution is 7.21. The molecule has 3 aromatic heterocycles. The van der Waals surface area contributed by atoms with Gasteiger partial charge in [0, 0.05) is 31.4 Å². The molecule has 3 N–H and O–H groups in total. The largest absolute Gasteiger partial charge is 0.397 e. The van der Waals surface area contributed by atoms with Crippen LogP contribution < -0.4 is 11.1 Å². The molecule has 4 rings (SSSR count). The van der Waals surface area contributed by atoms with Crippen molar-refractivity contribution in [3.05, 3.63) is 52.8 Å². The van der Waals surface area contributed by atoms with E-state index >= 15 is 0 Å². The number of nitrogens with two attached hydrogens (primary N) is 1. The molecule has 6 nitrogen and oxygen atoms in total. The van der Waals surface area contributed by atoms with Crippen LogP contribution in [0, 0.1) is 0 Å². The summed E-state index contributed by atoms with van der Waals surface area (Å²) in [6.45, 7) is 1.92. The molecule has 1 aliphatic heterocycles. The first-order chi connectivity index (χ1) is 12.7. The Bertz CT molecular complexity index is 940. The number of rotatable bonds is 4. The number of pyridine rings is 2. The lowest BCUT2D eigenvalue weighted by Crippen LogP contribution is -2.23. The molecule has 0 spiro atoms. The van der Waals surface area contributed by atoms with Crippen LogP contribution in [0.2, 0.25) is 0 Å². The fourth-order valence-corrected chi connectivity index (χ4v) is 4.60. The van der Waals surface area contributed by atoms with Gasteiger partial charge < -0.3 is 11.1 Å². The first kappa shape index (κ1) is 16.9. The van der Waals surface area contributed by atoms with Crippen molar-refractivity contribution >= 4 is 33.1 Å². The number of hydrogen-bond donors (Lipinski definition) is 2. The molecule has 1 aliphatic rings. The van der Waals surface area contributed by atoms with Crippen LogP contribution in [-0.2, 0) is 6.54 Å². The standard InChI is InChI=1S/C19H21N5OS/c1-21-18(25)17-16(20)13-6-7-14(23-19(13)26-17)15-5-3-9-24(15)11-12-4-2-8-22-10-12/h2,4,6-8,10,15H,3,5,9,11,20H2,1H3,(H,21,25)/t15-/m1/s1. The minimum absolute atomic E-state index is 0.161. The van der Waals surface area contributed by atoms with Crippen molar-refractivity contribution < 1.29 is 4.79 Å². The molecule has 134 valence electrons. The number of carbonyl (C=O) groups is 1. The van der Waals surface area contributed by atoms with Crippen molar-refractivity contribution in [3.8, 4) is 0 Å². The van der Waals surface area contributed by atoms with Gasteiger partial charge in [-0.1, -0.05) is 6.07 Å². The van der Waals surface area contributed by atoms with Gasteiger partial charge in [-0.3, -0.25) is 14.7 Å². The predicted molar refractivity (Wildman–Crippen MR) is 104 cm³/mol. The van der Waals surface area contributed by atoms with Crippen LogP contribution in [0.1, 0.15) is 39.8 Å². The monoisotopic (exact) mass is 367 g/mol. The van der Waals surface area contributed by atoms with Crippen LogP contribution in [0.5, 0.6) is 0 Å². The third kappa shape index (κ3) is 3.04. The van der Waals surface area contributed by atoms with E-state index in [1.54, 1.807) is 13.2 Å². The number of nitrogens with one attached hydrogen (secondary N) is 1. The maximum atomic E-state index is 12.0. The van der Waals surface area contributed by atoms with E-state index in [0.29, 0.717) is 10.6 Å². The summed E-state index contributed by atoms with van der Waals surface area (Å²) >= 11 is 1.36. The summed E-state index contributed by atoms with van der Waals surface area (Å²) in [6.07, 6.45) is 5.95. The fraction of sp³-hybridized carbons (Fsp3) is 0.316. The smallest absolute Gasteiger partial charge is 0.263 e. The minimum atomic E-state index is -0.161. The number of likely N-dealkylation sites (tertiary alicyclic amines) is 1. The van der Waals surface area contributed by atoms with Gasteiger partial charge >= 0.3 is 0 Å². The summed E-state index contributed by atoms with van der Waals surface area (Å²) in [5.41, 5.74) is 8.91. The number of anilines is 1. The lowest BCUT2D eigenvalue weighted by molar-refractivity contribution is 0.0968. The van der Waals surface area contributed by atoms with Gasteiger partial charge in [0.1, 0.15) is 9.71 Å². The summed E-state index contributed by atoms with van der Waals surface area (Å²) in [5, 5.41) is 3.49. The van der Waals surface area contributed by atoms with E-state index in [4.69, 9.17) is 10.7 Å². The van der Waals surface area contributed by atoms with Crippen molar-refractivity contribution in [1.29, 1.82) is 0 Å². The highest BCUT2D eigenvalue weighted by Gasteiger charge is 2.28. The molecule has 4 heterocycles. The molecular formula is C19H21N5OS. The summed E-state index contributed by atoms with van der Waals surface area (Å²) in [4.78, 5) is 24.8. The maximum absolute atomic E-state index is 12.0. The van der Waals surface area contributed by atoms with Crippen LogP contribution in [0.15, 0.2) is 36.7 Å². The van der Waals surface area contributed by atoms with E-state index in [9.17, 15) is 4.79 Å². The molecule has 7 heteroatoms. The highest BCUT2D eigenvalue weighted by atomic mass is 32.1. The van der Waals surface area contributed by atoms with E-state index in [2.05, 4.69) is 21.3 Å². The summed E-state index contributed by atoms with van der Waals surface area (Å²) in [5.74, 6) is -0.161. The number of nitrogens with zero attached hydrogens (tertiary/aromatic N) is 3. The summed E-state index contributed by atoms with van der Waals surface area (Å²) < 4.78 is 0. The number of amides is 1. The second-order valence-corrected chi connectivity index (χ2v) is 7.50. The molecule has 0 bridgehead atoms. The SMILES string of the molecule is CNC(=O)c1sc2nc([C@H]3CCCN3Cc3cccnc3)ccc2c1N. The molecule has 1 fully saturated rings. The quantitative estimate of drug-likeness (QED) is 0.741. The Hall–Kier alpha value is -2.51. The molecule has 0 unspecified atom stereocenters. The van der Waals surface area contributed by atoms with E-state index in [-0.39, 0.29) is 11.9 Å². The topological polar surface area (TPSA) is 84.1 Å². The van der Waals surface area contributed by atoms with Crippen LogP contribution in [0.3, 0.4) is 0 Å². The maximum Gasteiger partial charge on any atom is 0.263 e. The average Bonchev–Trinajstić information content (AvgIpc) is 3.26. The Balaban J connectivity index is 1.64. The zero-order valence-electron chi connectivity index (χ0n) is 14.6. The Morgan fingerprint density at radius 2 is 2.31 bits per heavy atom. The molecule has 3 aromatic rings. The zero-order chi connectivity index (χ0) is 18.1. The summed E-state index contributed by atoms with van der Waals surface area (Å²) in [6, 6.07) is 8.40. The molecule has 1 saturated heterocycles. The van der Waals surface area contributed by atoms with Crippen molar-refractivity contribution in [2.24, 2.45) is 0 Å². The molecule has 1 amide bonds. The fourth-order valence-electron chi connectivity index (χ4n) is 3.56. The van der Waals surface area contributed by atoms with E-state index in [1.807, 2.05) is 24.4 Å². The van der Waals surface area contributed by atoms with Gasteiger partial charge in [0.15, 0.2) is 0 Å². The van der Waals surface area contributed by atoms with Gasteiger partial charge in [0.2, 0.25) is 0 Å². The third-order valence-electron chi connectivity index (χ3n) is 4.86. The molecule has 0 aliphatic carbocycles. The highest BCUT2D eigenvalue weighted by Crippen LogP contribution is 2.37. The number of fused-ring (bicyclic) bond motifs is 1. The first-order valence-electron chi connectivity index (χ1n) is 8.71. The first-order valence-corrected chi connectivity index (χ1v) is 9.53. The number of aromatic nitrogens is 2. The van der Waals surface area contributed by atoms with Crippen molar-refractivity contribution in [1.82, 2.24) is 20.2 Å². The Kier molecular flexibility index (Phi) is 4.57. The van der Waals surface area contributed by atoms with Gasteiger partial charge in [-0.15, -0.1) is 11.3 Å². The summed E-state index contributed by atoms with van der Waals surface area (Å²) in [7, 11) is 1.61. The molecule has 0 aromatic carbocycles. The van der Waals surface area contributed by atoms with Crippen LogP contribution in [0.4, 0.5) is 5.69 Å². The number of thiophene rings is 1. The molecule has 0 saturated carbocycles. The van der Waals surface area contributed by atoms with E-state index in [0.717, 1.165) is 41.8 Å². The average molecular weight is 367 g/mol. The molecular weight excluding hydrogens is 346 g/mol. The van der Waals surface area contributed by atoms with E-state index in [1.165, 1.54) is 16.9 Å². The van der Waals surface area contributed by atoms with Crippen molar-refractivity contribution in [3.63, 3.8) is 0 Å². The second kappa shape index (κ2) is 7.01. The predicted octanol–water partition coefficient (Wildman–Crippen LogP) is 2.97. The number of carbonyl (C=O) groups excluding carboxylic acids is 1. The Morgan fingerprint density at radius 3 is 3.08 bits per heavy atom. The van der Waals surface area contributed by atoms with Gasteiger partial charge in [-0.05, 0) is 43.1 Å². The number of nitrogen functional groups attached to an aromatic ring is 1. The lowest BCUT2D eigenvalue weighted by atomic mass is 10.1. The molecule has 0 radical (unpaired) electrons. The van der Waals surface area contributed by atoms with Crippen LogP contribution in [-0.4, -0.2) is 34.4 Å². The minimum Gasteiger partial charge on any atom is -0.397 e.